The predicted molar refractivity (Wildman–Crippen MR) is 289 cm³/mol. The molecule has 23 heteroatoms. The highest BCUT2D eigenvalue weighted by molar-refractivity contribution is 7.92. The lowest BCUT2D eigenvalue weighted by Crippen LogP contribution is -2.41. The molecule has 414 valence electrons. The van der Waals surface area contributed by atoms with E-state index in [0.29, 0.717) is 33.6 Å². The van der Waals surface area contributed by atoms with Crippen LogP contribution in [0.5, 0.6) is 0 Å². The molecule has 0 saturated carbocycles. The number of halogens is 2. The lowest BCUT2D eigenvalue weighted by molar-refractivity contribution is -0.119. The van der Waals surface area contributed by atoms with Crippen molar-refractivity contribution in [3.8, 4) is 12.1 Å². The quantitative estimate of drug-likeness (QED) is 0.0516. The highest BCUT2D eigenvalue weighted by Gasteiger charge is 2.38. The van der Waals surface area contributed by atoms with Crippen molar-refractivity contribution < 1.29 is 55.0 Å². The fourth-order valence-electron chi connectivity index (χ4n) is 7.72. The van der Waals surface area contributed by atoms with Gasteiger partial charge in [0, 0.05) is 26.1 Å². The fourth-order valence-corrected chi connectivity index (χ4v) is 13.9. The number of carbonyl (C=O) groups excluding carboxylic acids is 2. The van der Waals surface area contributed by atoms with Gasteiger partial charge in [-0.2, -0.15) is 10.5 Å². The molecule has 0 fully saturated rings. The molecule has 4 aromatic rings. The lowest BCUT2D eigenvalue weighted by atomic mass is 9.85. The Morgan fingerprint density at radius 2 is 1.03 bits per heavy atom. The van der Waals surface area contributed by atoms with Gasteiger partial charge in [0.05, 0.1) is 35.4 Å². The molecule has 2 aromatic heterocycles. The van der Waals surface area contributed by atoms with Crippen LogP contribution in [-0.4, -0.2) is 75.5 Å². The number of aliphatic hydroxyl groups excluding tert-OH is 1. The van der Waals surface area contributed by atoms with Crippen molar-refractivity contribution in [2.75, 3.05) is 13.2 Å². The topological polar surface area (TPSA) is 270 Å². The molecule has 0 aliphatic heterocycles. The first-order valence-corrected chi connectivity index (χ1v) is 32.0. The molecule has 0 aliphatic carbocycles. The summed E-state index contributed by atoms with van der Waals surface area (Å²) in [5, 5.41) is 49.1. The number of hydrogen-bond donors (Lipinski definition) is 5. The van der Waals surface area contributed by atoms with Gasteiger partial charge in [0.25, 0.3) is 20.0 Å². The van der Waals surface area contributed by atoms with Crippen LogP contribution in [0.25, 0.3) is 0 Å². The molecule has 0 aliphatic rings. The van der Waals surface area contributed by atoms with Gasteiger partial charge in [0.15, 0.2) is 16.7 Å². The van der Waals surface area contributed by atoms with Gasteiger partial charge in [-0.3, -0.25) is 9.59 Å². The summed E-state index contributed by atoms with van der Waals surface area (Å²) < 4.78 is 93.3. The molecule has 75 heavy (non-hydrogen) atoms. The third-order valence-electron chi connectivity index (χ3n) is 12.5. The van der Waals surface area contributed by atoms with Crippen molar-refractivity contribution >= 4 is 62.9 Å². The van der Waals surface area contributed by atoms with Gasteiger partial charge in [-0.1, -0.05) is 76.2 Å². The number of benzene rings is 2. The number of sulfonamides is 2. The highest BCUT2D eigenvalue weighted by Crippen LogP contribution is 2.39. The van der Waals surface area contributed by atoms with E-state index in [4.69, 9.17) is 4.43 Å². The van der Waals surface area contributed by atoms with Gasteiger partial charge >= 0.3 is 0 Å². The average molecular weight is 1140 g/mol. The minimum atomic E-state index is -4.38. The largest absolute Gasteiger partial charge is 0.416 e. The maximum atomic E-state index is 15.2. The summed E-state index contributed by atoms with van der Waals surface area (Å²) >= 11 is 1.52. The zero-order valence-corrected chi connectivity index (χ0v) is 50.3. The first kappa shape index (κ1) is 64.7. The van der Waals surface area contributed by atoms with E-state index in [1.54, 1.807) is 27.7 Å². The maximum Gasteiger partial charge on any atom is 0.275 e. The molecule has 16 nitrogen and oxygen atoms in total. The van der Waals surface area contributed by atoms with Crippen molar-refractivity contribution in [1.82, 2.24) is 19.4 Å². The Kier molecular flexibility index (Phi) is 21.4. The molecule has 0 atom stereocenters. The van der Waals surface area contributed by atoms with Crippen LogP contribution in [0.1, 0.15) is 193 Å². The van der Waals surface area contributed by atoms with Crippen LogP contribution in [0.4, 0.5) is 8.78 Å². The number of amides is 2. The second-order valence-electron chi connectivity index (χ2n) is 22.1. The van der Waals surface area contributed by atoms with Gasteiger partial charge in [-0.15, -0.1) is 22.7 Å². The van der Waals surface area contributed by atoms with E-state index in [1.807, 2.05) is 44.6 Å². The number of thiazole rings is 2. The molecule has 0 radical (unpaired) electrons. The van der Waals surface area contributed by atoms with Crippen LogP contribution < -0.4 is 9.44 Å². The van der Waals surface area contributed by atoms with E-state index in [2.05, 4.69) is 48.6 Å². The second kappa shape index (κ2) is 24.8. The summed E-state index contributed by atoms with van der Waals surface area (Å²) in [6.45, 7) is 30.7. The van der Waals surface area contributed by atoms with E-state index < -0.39 is 69.4 Å². The molecule has 5 N–H and O–H groups in total. The number of carbonyl (C=O) groups is 2. The predicted octanol–water partition coefficient (Wildman–Crippen LogP) is 9.45. The summed E-state index contributed by atoms with van der Waals surface area (Å²) in [7, 11) is -10.9. The van der Waals surface area contributed by atoms with Gasteiger partial charge in [0.1, 0.15) is 45.0 Å². The summed E-state index contributed by atoms with van der Waals surface area (Å²) in [5.74, 6) is -4.09. The molecule has 0 spiro atoms. The van der Waals surface area contributed by atoms with Gasteiger partial charge in [-0.05, 0) is 115 Å². The second-order valence-corrected chi connectivity index (χ2v) is 32.7. The van der Waals surface area contributed by atoms with Gasteiger partial charge < -0.3 is 19.7 Å². The third-order valence-corrected chi connectivity index (χ3v) is 23.7. The van der Waals surface area contributed by atoms with Crippen LogP contribution in [0.2, 0.25) is 18.1 Å². The zero-order chi connectivity index (χ0) is 57.7. The van der Waals surface area contributed by atoms with Gasteiger partial charge in [-0.25, -0.2) is 45.0 Å². The van der Waals surface area contributed by atoms with Crippen LogP contribution in [0, 0.1) is 34.3 Å². The number of nitrogens with one attached hydrogen (secondary N) is 2. The van der Waals surface area contributed by atoms with Crippen LogP contribution in [0.3, 0.4) is 0 Å². The molecule has 0 bridgehead atoms. The standard InChI is InChI=1S/C29H44FN3O5S2Si.C23H30FN3O5S2/c1-17(2)20-14-19(16-31)25(30)24(18(3)4)21(20)15-23(34)33-40(36,37)26-22(32-27(39-26)29(8,9)35)12-13-38-41(10,11)28(5,6)7;1-12(2)15-9-14(11-25)20(24)19(13(3)4)16(15)10-18(29)27-34(31,32)21-17(7-8-28)26-22(33-21)23(5,6)30/h14,17-18,35H,12-13,15H2,1-11H3,(H,33,34);9,12-13,28,30H,7-8,10H2,1-6H3,(H,27,29). The molecule has 0 saturated heterocycles. The zero-order valence-electron chi connectivity index (χ0n) is 46.1. The number of nitrogens with zero attached hydrogens (tertiary/aromatic N) is 4. The lowest BCUT2D eigenvalue weighted by Gasteiger charge is -2.36. The summed E-state index contributed by atoms with van der Waals surface area (Å²) in [4.78, 5) is 34.7. The Labute approximate surface area is 451 Å². The van der Waals surface area contributed by atoms with Crippen molar-refractivity contribution in [2.24, 2.45) is 0 Å². The monoisotopic (exact) mass is 1140 g/mol. The van der Waals surface area contributed by atoms with Crippen molar-refractivity contribution in [3.05, 3.63) is 89.7 Å². The van der Waals surface area contributed by atoms with E-state index in [-0.39, 0.29) is 113 Å². The fraction of sp³-hybridized carbons (Fsp3) is 0.577. The Morgan fingerprint density at radius 1 is 0.680 bits per heavy atom. The molecule has 2 heterocycles. The number of aromatic nitrogens is 2. The molecular weight excluding hydrogens is 1060 g/mol. The normalized spacial score (nSPS) is 12.7. The average Bonchev–Trinajstić information content (AvgIpc) is 3.90. The van der Waals surface area contributed by atoms with Crippen molar-refractivity contribution in [2.45, 2.75) is 191 Å². The minimum Gasteiger partial charge on any atom is -0.416 e. The van der Waals surface area contributed by atoms with E-state index in [9.17, 15) is 52.3 Å². The van der Waals surface area contributed by atoms with E-state index >= 15 is 8.78 Å². The summed E-state index contributed by atoms with van der Waals surface area (Å²) in [6, 6.07) is 6.55. The van der Waals surface area contributed by atoms with Crippen LogP contribution >= 0.6 is 22.7 Å². The molecule has 2 amide bonds. The molecule has 0 unspecified atom stereocenters. The molecule has 4 rings (SSSR count). The number of hydrogen-bond acceptors (Lipinski definition) is 16. The van der Waals surface area contributed by atoms with E-state index in [0.717, 1.165) is 11.3 Å². The summed E-state index contributed by atoms with van der Waals surface area (Å²) in [6.07, 6.45) is -0.689. The minimum absolute atomic E-state index is 0.0369. The number of rotatable bonds is 20. The van der Waals surface area contributed by atoms with Crippen molar-refractivity contribution in [1.29, 1.82) is 10.5 Å². The Balaban J connectivity index is 0.000000402. The van der Waals surface area contributed by atoms with Gasteiger partial charge in [0.2, 0.25) is 11.8 Å². The first-order chi connectivity index (χ1) is 34.2. The first-order valence-electron chi connectivity index (χ1n) is 24.5. The third kappa shape index (κ3) is 16.0. The van der Waals surface area contributed by atoms with E-state index in [1.165, 1.54) is 39.8 Å². The smallest absolute Gasteiger partial charge is 0.275 e. The van der Waals surface area contributed by atoms with Crippen molar-refractivity contribution in [3.63, 3.8) is 0 Å². The van der Waals surface area contributed by atoms with Crippen LogP contribution in [-0.2, 0) is 70.9 Å². The highest BCUT2D eigenvalue weighted by atomic mass is 32.3. The van der Waals surface area contributed by atoms with Crippen LogP contribution in [0.15, 0.2) is 20.6 Å². The molecule has 2 aromatic carbocycles. The summed E-state index contributed by atoms with van der Waals surface area (Å²) in [5.41, 5.74) is -0.410. The number of aliphatic hydroxyl groups is 3. The Hall–Kier alpha value is -4.56. The molecular formula is C52H74F2N6O10S4Si. The maximum absolute atomic E-state index is 15.2. The SMILES string of the molecule is CC(C)c1cc(C#N)c(F)c(C(C)C)c1CC(=O)NS(=O)(=O)c1sc(C(C)(C)O)nc1CCO.CC(C)c1cc(C#N)c(F)c(C(C)C)c1CC(=O)NS(=O)(=O)c1sc(C(C)(C)O)nc1CCO[Si](C)(C)C(C)(C)C. The Bertz CT molecular complexity index is 3060. The Morgan fingerprint density at radius 3 is 1.31 bits per heavy atom. The number of nitriles is 2.